The number of aliphatic hydroxyl groups is 1. The van der Waals surface area contributed by atoms with Crippen LogP contribution >= 0.6 is 11.8 Å². The monoisotopic (exact) mass is 358 g/mol. The van der Waals surface area contributed by atoms with Crippen LogP contribution in [-0.2, 0) is 4.74 Å². The summed E-state index contributed by atoms with van der Waals surface area (Å²) in [5.41, 5.74) is -0.666. The van der Waals surface area contributed by atoms with Crippen molar-refractivity contribution in [2.24, 2.45) is 4.99 Å². The number of aliphatic imine (C=N–C) groups is 1. The van der Waals surface area contributed by atoms with Gasteiger partial charge in [0.15, 0.2) is 5.96 Å². The molecule has 1 unspecified atom stereocenters. The lowest BCUT2D eigenvalue weighted by Crippen LogP contribution is -2.50. The Morgan fingerprint density at radius 1 is 1.42 bits per heavy atom. The third kappa shape index (κ3) is 5.73. The van der Waals surface area contributed by atoms with E-state index in [-0.39, 0.29) is 12.1 Å². The average Bonchev–Trinajstić information content (AvgIpc) is 3.01. The summed E-state index contributed by atoms with van der Waals surface area (Å²) in [6.45, 7) is 6.85. The second-order valence-corrected chi connectivity index (χ2v) is 7.43. The highest BCUT2D eigenvalue weighted by Crippen LogP contribution is 2.27. The first kappa shape index (κ1) is 19.2. The van der Waals surface area contributed by atoms with E-state index in [1.165, 1.54) is 0 Å². The maximum atomic E-state index is 11.7. The highest BCUT2D eigenvalue weighted by atomic mass is 32.2. The number of nitrogens with one attached hydrogen (secondary N) is 2. The third-order valence-electron chi connectivity index (χ3n) is 4.32. The van der Waals surface area contributed by atoms with Gasteiger partial charge in [-0.3, -0.25) is 4.99 Å². The van der Waals surface area contributed by atoms with E-state index in [1.807, 2.05) is 13.8 Å². The van der Waals surface area contributed by atoms with E-state index in [1.54, 1.807) is 16.7 Å². The van der Waals surface area contributed by atoms with Crippen LogP contribution in [0.2, 0.25) is 0 Å². The molecule has 0 aliphatic carbocycles. The summed E-state index contributed by atoms with van der Waals surface area (Å²) in [7, 11) is 0. The number of carbonyl (C=O) groups excluding carboxylic acids is 1. The highest BCUT2D eigenvalue weighted by Gasteiger charge is 2.31. The molecule has 1 atom stereocenters. The van der Waals surface area contributed by atoms with Crippen LogP contribution in [0.1, 0.15) is 33.1 Å². The summed E-state index contributed by atoms with van der Waals surface area (Å²) in [6.07, 6.45) is 2.31. The minimum atomic E-state index is -0.666. The predicted molar refractivity (Wildman–Crippen MR) is 97.6 cm³/mol. The molecule has 0 radical (unpaired) electrons. The second kappa shape index (κ2) is 9.36. The normalized spacial score (nSPS) is 25.6. The average molecular weight is 359 g/mol. The molecular weight excluding hydrogens is 328 g/mol. The molecule has 0 aromatic rings. The van der Waals surface area contributed by atoms with Crippen molar-refractivity contribution in [2.75, 3.05) is 44.3 Å². The first-order valence-corrected chi connectivity index (χ1v) is 9.98. The number of likely N-dealkylation sites (tertiary alicyclic amines) is 1. The molecule has 3 N–H and O–H groups in total. The van der Waals surface area contributed by atoms with Crippen LogP contribution in [0, 0.1) is 0 Å². The Morgan fingerprint density at radius 3 is 2.75 bits per heavy atom. The zero-order valence-corrected chi connectivity index (χ0v) is 15.5. The lowest BCUT2D eigenvalue weighted by Gasteiger charge is -2.32. The molecule has 24 heavy (non-hydrogen) atoms. The Labute approximate surface area is 148 Å². The summed E-state index contributed by atoms with van der Waals surface area (Å²) < 4.78 is 5.04. The Morgan fingerprint density at radius 2 is 2.17 bits per heavy atom. The van der Waals surface area contributed by atoms with Crippen LogP contribution in [0.4, 0.5) is 4.79 Å². The summed E-state index contributed by atoms with van der Waals surface area (Å²) in [5.74, 6) is 2.51. The van der Waals surface area contributed by atoms with Crippen LogP contribution in [0.5, 0.6) is 0 Å². The lowest BCUT2D eigenvalue weighted by atomic mass is 10.0. The van der Waals surface area contributed by atoms with Crippen molar-refractivity contribution < 1.29 is 14.6 Å². The summed E-state index contributed by atoms with van der Waals surface area (Å²) in [5, 5.41) is 17.1. The van der Waals surface area contributed by atoms with E-state index in [4.69, 9.17) is 4.74 Å². The van der Waals surface area contributed by atoms with Gasteiger partial charge in [0.25, 0.3) is 0 Å². The smallest absolute Gasteiger partial charge is 0.409 e. The van der Waals surface area contributed by atoms with Gasteiger partial charge in [-0.25, -0.2) is 4.79 Å². The largest absolute Gasteiger partial charge is 0.450 e. The lowest BCUT2D eigenvalue weighted by molar-refractivity contribution is 0.0776. The van der Waals surface area contributed by atoms with Crippen LogP contribution in [0.15, 0.2) is 4.99 Å². The summed E-state index contributed by atoms with van der Waals surface area (Å²) in [4.78, 5) is 18.1. The standard InChI is InChI=1S/C16H30N4O3S/c1-3-17-14(18-11-16(22)7-10-24-12-16)19-13-5-8-20(9-6-13)15(21)23-4-2/h13,22H,3-12H2,1-2H3,(H2,17,18,19). The van der Waals surface area contributed by atoms with Crippen molar-refractivity contribution in [3.05, 3.63) is 0 Å². The number of nitrogens with zero attached hydrogens (tertiary/aromatic N) is 2. The van der Waals surface area contributed by atoms with Gasteiger partial charge in [-0.05, 0) is 38.9 Å². The Kier molecular flexibility index (Phi) is 7.48. The molecule has 2 rings (SSSR count). The number of thioether (sulfide) groups is 1. The number of ether oxygens (including phenoxy) is 1. The molecule has 0 saturated carbocycles. The Balaban J connectivity index is 1.82. The molecule has 2 aliphatic rings. The molecule has 7 nitrogen and oxygen atoms in total. The van der Waals surface area contributed by atoms with Crippen molar-refractivity contribution in [3.63, 3.8) is 0 Å². The van der Waals surface area contributed by atoms with Gasteiger partial charge in [0.2, 0.25) is 0 Å². The molecule has 0 aromatic heterocycles. The van der Waals surface area contributed by atoms with Gasteiger partial charge in [0.05, 0.1) is 18.8 Å². The number of hydrogen-bond acceptors (Lipinski definition) is 5. The number of guanidine groups is 1. The molecule has 2 aliphatic heterocycles. The van der Waals surface area contributed by atoms with Crippen molar-refractivity contribution in [3.8, 4) is 0 Å². The molecule has 2 heterocycles. The molecule has 0 bridgehead atoms. The molecule has 1 amide bonds. The van der Waals surface area contributed by atoms with E-state index in [0.717, 1.165) is 43.3 Å². The van der Waals surface area contributed by atoms with Gasteiger partial charge >= 0.3 is 6.09 Å². The van der Waals surface area contributed by atoms with Gasteiger partial charge in [0.1, 0.15) is 0 Å². The molecule has 138 valence electrons. The van der Waals surface area contributed by atoms with Crippen molar-refractivity contribution in [1.29, 1.82) is 0 Å². The van der Waals surface area contributed by atoms with Crippen LogP contribution in [0.3, 0.4) is 0 Å². The van der Waals surface area contributed by atoms with Crippen LogP contribution in [0.25, 0.3) is 0 Å². The minimum Gasteiger partial charge on any atom is -0.450 e. The fourth-order valence-electron chi connectivity index (χ4n) is 2.88. The number of carbonyl (C=O) groups is 1. The SMILES string of the molecule is CCNC(=NCC1(O)CCSC1)NC1CCN(C(=O)OCC)CC1. The van der Waals surface area contributed by atoms with Crippen molar-refractivity contribution in [2.45, 2.75) is 44.8 Å². The molecule has 2 fully saturated rings. The molecule has 0 spiro atoms. The van der Waals surface area contributed by atoms with Gasteiger partial charge in [-0.15, -0.1) is 0 Å². The second-order valence-electron chi connectivity index (χ2n) is 6.33. The molecule has 0 aromatic carbocycles. The fourth-order valence-corrected chi connectivity index (χ4v) is 4.17. The molecular formula is C16H30N4O3S. The molecule has 2 saturated heterocycles. The number of hydrogen-bond donors (Lipinski definition) is 3. The van der Waals surface area contributed by atoms with Gasteiger partial charge in [-0.1, -0.05) is 0 Å². The Bertz CT molecular complexity index is 433. The van der Waals surface area contributed by atoms with E-state index in [0.29, 0.717) is 26.2 Å². The molecule has 8 heteroatoms. The highest BCUT2D eigenvalue weighted by molar-refractivity contribution is 7.99. The fraction of sp³-hybridized carbons (Fsp3) is 0.875. The maximum absolute atomic E-state index is 11.7. The summed E-state index contributed by atoms with van der Waals surface area (Å²) >= 11 is 1.78. The van der Waals surface area contributed by atoms with Gasteiger partial charge in [-0.2, -0.15) is 11.8 Å². The zero-order valence-electron chi connectivity index (χ0n) is 14.7. The number of rotatable bonds is 5. The number of piperidine rings is 1. The Hall–Kier alpha value is -1.15. The van der Waals surface area contributed by atoms with Crippen molar-refractivity contribution in [1.82, 2.24) is 15.5 Å². The van der Waals surface area contributed by atoms with Crippen molar-refractivity contribution >= 4 is 23.8 Å². The minimum absolute atomic E-state index is 0.225. The first-order chi connectivity index (χ1) is 11.6. The topological polar surface area (TPSA) is 86.2 Å². The van der Waals surface area contributed by atoms with Crippen LogP contribution < -0.4 is 10.6 Å². The zero-order chi connectivity index (χ0) is 17.4. The van der Waals surface area contributed by atoms with E-state index in [9.17, 15) is 9.90 Å². The predicted octanol–water partition coefficient (Wildman–Crippen LogP) is 1.03. The van der Waals surface area contributed by atoms with Gasteiger partial charge < -0.3 is 25.4 Å². The third-order valence-corrected chi connectivity index (χ3v) is 5.55. The van der Waals surface area contributed by atoms with E-state index >= 15 is 0 Å². The number of amides is 1. The van der Waals surface area contributed by atoms with E-state index < -0.39 is 5.60 Å². The first-order valence-electron chi connectivity index (χ1n) is 8.83. The van der Waals surface area contributed by atoms with Crippen LogP contribution in [-0.4, -0.2) is 78.0 Å². The van der Waals surface area contributed by atoms with E-state index in [2.05, 4.69) is 15.6 Å². The quantitative estimate of drug-likeness (QED) is 0.503. The maximum Gasteiger partial charge on any atom is 0.409 e. The summed E-state index contributed by atoms with van der Waals surface area (Å²) in [6, 6.07) is 0.279. The van der Waals surface area contributed by atoms with Gasteiger partial charge in [0, 0.05) is 31.4 Å².